The Hall–Kier alpha value is -1.36. The van der Waals surface area contributed by atoms with E-state index in [1.54, 1.807) is 0 Å². The fraction of sp³-hybridized carbons (Fsp3) is 0. The summed E-state index contributed by atoms with van der Waals surface area (Å²) in [4.78, 5) is 0. The lowest BCUT2D eigenvalue weighted by Gasteiger charge is -1.92. The quantitative estimate of drug-likeness (QED) is 0.578. The Morgan fingerprint density at radius 2 is 1.45 bits per heavy atom. The van der Waals surface area contributed by atoms with Crippen LogP contribution in [0.25, 0.3) is 11.0 Å². The van der Waals surface area contributed by atoms with Gasteiger partial charge in [0.1, 0.15) is 22.5 Å². The number of rotatable bonds is 0. The predicted molar refractivity (Wildman–Crippen MR) is 40.7 cm³/mol. The van der Waals surface area contributed by atoms with Crippen LogP contribution in [-0.2, 0) is 0 Å². The Bertz CT molecular complexity index is 362. The van der Waals surface area contributed by atoms with E-state index in [9.17, 15) is 10.2 Å². The highest BCUT2D eigenvalue weighted by molar-refractivity contribution is 7.00. The first kappa shape index (κ1) is 6.36. The monoisotopic (exact) mass is 168 g/mol. The lowest BCUT2D eigenvalue weighted by molar-refractivity contribution is 0.468. The number of benzene rings is 1. The van der Waals surface area contributed by atoms with Gasteiger partial charge in [-0.15, -0.1) is 0 Å². The minimum atomic E-state index is 0.0477. The lowest BCUT2D eigenvalue weighted by atomic mass is 10.3. The molecule has 0 aliphatic carbocycles. The molecule has 2 N–H and O–H groups in total. The van der Waals surface area contributed by atoms with Crippen LogP contribution in [0, 0.1) is 0 Å². The van der Waals surface area contributed by atoms with Gasteiger partial charge in [0.25, 0.3) is 0 Å². The smallest absolute Gasteiger partial charge is 0.150 e. The molecule has 11 heavy (non-hydrogen) atoms. The van der Waals surface area contributed by atoms with Crippen LogP contribution in [0.4, 0.5) is 0 Å². The van der Waals surface area contributed by atoms with Crippen molar-refractivity contribution < 1.29 is 10.2 Å². The van der Waals surface area contributed by atoms with E-state index in [-0.39, 0.29) is 11.5 Å². The van der Waals surface area contributed by atoms with Crippen LogP contribution in [-0.4, -0.2) is 19.0 Å². The molecule has 1 heterocycles. The molecule has 0 aliphatic heterocycles. The second-order valence-electron chi connectivity index (χ2n) is 2.07. The first-order valence-corrected chi connectivity index (χ1v) is 3.65. The van der Waals surface area contributed by atoms with E-state index in [1.807, 2.05) is 0 Å². The second kappa shape index (κ2) is 2.06. The van der Waals surface area contributed by atoms with Crippen LogP contribution >= 0.6 is 11.7 Å². The van der Waals surface area contributed by atoms with Crippen LogP contribution in [0.5, 0.6) is 11.5 Å². The third kappa shape index (κ3) is 0.813. The third-order valence-corrected chi connectivity index (χ3v) is 1.90. The molecule has 1 aromatic heterocycles. The second-order valence-corrected chi connectivity index (χ2v) is 2.59. The number of phenolic OH excluding ortho intramolecular Hbond substituents is 2. The molecule has 2 aromatic rings. The molecule has 0 radical (unpaired) electrons. The number of hydrogen-bond acceptors (Lipinski definition) is 5. The van der Waals surface area contributed by atoms with Crippen molar-refractivity contribution in [2.45, 2.75) is 0 Å². The van der Waals surface area contributed by atoms with Crippen LogP contribution in [0.3, 0.4) is 0 Å². The van der Waals surface area contributed by atoms with Crippen LogP contribution in [0.1, 0.15) is 0 Å². The molecule has 0 fully saturated rings. The van der Waals surface area contributed by atoms with Crippen molar-refractivity contribution >= 4 is 22.8 Å². The van der Waals surface area contributed by atoms with Gasteiger partial charge in [0.2, 0.25) is 0 Å². The van der Waals surface area contributed by atoms with Crippen molar-refractivity contribution in [2.75, 3.05) is 0 Å². The lowest BCUT2D eigenvalue weighted by Crippen LogP contribution is -1.72. The normalized spacial score (nSPS) is 10.5. The van der Waals surface area contributed by atoms with Crippen molar-refractivity contribution in [2.24, 2.45) is 0 Å². The number of aromatic nitrogens is 2. The minimum Gasteiger partial charge on any atom is -0.506 e. The zero-order chi connectivity index (χ0) is 7.84. The molecule has 4 nitrogen and oxygen atoms in total. The summed E-state index contributed by atoms with van der Waals surface area (Å²) in [6.07, 6.45) is 0. The van der Waals surface area contributed by atoms with E-state index in [4.69, 9.17) is 0 Å². The summed E-state index contributed by atoms with van der Waals surface area (Å²) in [6.45, 7) is 0. The Morgan fingerprint density at radius 3 is 1.91 bits per heavy atom. The fourth-order valence-corrected chi connectivity index (χ4v) is 1.40. The molecule has 0 saturated carbocycles. The zero-order valence-corrected chi connectivity index (χ0v) is 6.17. The fourth-order valence-electron chi connectivity index (χ4n) is 0.840. The molecule has 0 saturated heterocycles. The maximum atomic E-state index is 9.18. The summed E-state index contributed by atoms with van der Waals surface area (Å²) in [5.74, 6) is 0.0955. The average molecular weight is 168 g/mol. The molecule has 56 valence electrons. The first-order valence-electron chi connectivity index (χ1n) is 2.92. The third-order valence-electron chi connectivity index (χ3n) is 1.37. The molecule has 0 atom stereocenters. The van der Waals surface area contributed by atoms with Gasteiger partial charge in [-0.2, -0.15) is 8.75 Å². The number of fused-ring (bicyclic) bond motifs is 1. The summed E-state index contributed by atoms with van der Waals surface area (Å²) in [5.41, 5.74) is 0.713. The maximum absolute atomic E-state index is 9.18. The molecule has 1 aromatic carbocycles. The van der Waals surface area contributed by atoms with Crippen molar-refractivity contribution in [1.29, 1.82) is 0 Å². The SMILES string of the molecule is Oc1ccc(O)c2nsnc12. The van der Waals surface area contributed by atoms with Crippen LogP contribution in [0.2, 0.25) is 0 Å². The van der Waals surface area contributed by atoms with Crippen molar-refractivity contribution in [1.82, 2.24) is 8.75 Å². The van der Waals surface area contributed by atoms with Crippen molar-refractivity contribution in [3.05, 3.63) is 12.1 Å². The first-order chi connectivity index (χ1) is 5.29. The Morgan fingerprint density at radius 1 is 1.00 bits per heavy atom. The van der Waals surface area contributed by atoms with Crippen LogP contribution in [0.15, 0.2) is 12.1 Å². The number of nitrogens with zero attached hydrogens (tertiary/aromatic N) is 2. The van der Waals surface area contributed by atoms with E-state index in [0.717, 1.165) is 11.7 Å². The standard InChI is InChI=1S/C6H4N2O2S/c9-3-1-2-4(10)6-5(3)7-11-8-6/h1-2,9-10H. The topological polar surface area (TPSA) is 66.2 Å². The molecule has 2 rings (SSSR count). The minimum absolute atomic E-state index is 0.0477. The average Bonchev–Trinajstić information content (AvgIpc) is 2.45. The van der Waals surface area contributed by atoms with E-state index in [0.29, 0.717) is 11.0 Å². The Labute approximate surface area is 66.1 Å². The van der Waals surface area contributed by atoms with E-state index < -0.39 is 0 Å². The number of phenols is 2. The Kier molecular flexibility index (Phi) is 1.19. The zero-order valence-electron chi connectivity index (χ0n) is 5.35. The molecular weight excluding hydrogens is 164 g/mol. The summed E-state index contributed by atoms with van der Waals surface area (Å²) in [5, 5.41) is 18.4. The molecular formula is C6H4N2O2S. The van der Waals surface area contributed by atoms with Gasteiger partial charge in [0.15, 0.2) is 0 Å². The number of aromatic hydroxyl groups is 2. The molecule has 5 heteroatoms. The molecule has 0 bridgehead atoms. The van der Waals surface area contributed by atoms with Gasteiger partial charge in [0.05, 0.1) is 11.7 Å². The van der Waals surface area contributed by atoms with Crippen molar-refractivity contribution in [3.63, 3.8) is 0 Å². The van der Waals surface area contributed by atoms with Gasteiger partial charge in [-0.05, 0) is 12.1 Å². The summed E-state index contributed by atoms with van der Waals surface area (Å²) >= 11 is 0.961. The molecule has 0 amide bonds. The van der Waals surface area contributed by atoms with E-state index >= 15 is 0 Å². The van der Waals surface area contributed by atoms with Crippen LogP contribution < -0.4 is 0 Å². The largest absolute Gasteiger partial charge is 0.506 e. The van der Waals surface area contributed by atoms with Gasteiger partial charge < -0.3 is 10.2 Å². The van der Waals surface area contributed by atoms with Gasteiger partial charge in [0, 0.05) is 0 Å². The molecule has 0 spiro atoms. The Balaban J connectivity index is 2.96. The highest BCUT2D eigenvalue weighted by Gasteiger charge is 2.07. The van der Waals surface area contributed by atoms with Crippen molar-refractivity contribution in [3.8, 4) is 11.5 Å². The van der Waals surface area contributed by atoms with Gasteiger partial charge in [-0.3, -0.25) is 0 Å². The summed E-state index contributed by atoms with van der Waals surface area (Å²) in [7, 11) is 0. The van der Waals surface area contributed by atoms with Gasteiger partial charge in [-0.1, -0.05) is 0 Å². The van der Waals surface area contributed by atoms with E-state index in [1.165, 1.54) is 12.1 Å². The summed E-state index contributed by atoms with van der Waals surface area (Å²) < 4.78 is 7.60. The molecule has 0 aliphatic rings. The highest BCUT2D eigenvalue weighted by Crippen LogP contribution is 2.29. The van der Waals surface area contributed by atoms with Gasteiger partial charge in [-0.25, -0.2) is 0 Å². The number of hydrogen-bond donors (Lipinski definition) is 2. The predicted octanol–water partition coefficient (Wildman–Crippen LogP) is 1.10. The molecule has 0 unspecified atom stereocenters. The van der Waals surface area contributed by atoms with E-state index in [2.05, 4.69) is 8.75 Å². The maximum Gasteiger partial charge on any atom is 0.150 e. The summed E-state index contributed by atoms with van der Waals surface area (Å²) in [6, 6.07) is 2.78. The highest BCUT2D eigenvalue weighted by atomic mass is 32.1. The van der Waals surface area contributed by atoms with Gasteiger partial charge >= 0.3 is 0 Å².